The molecule has 1 heterocycles. The molecule has 0 radical (unpaired) electrons. The summed E-state index contributed by atoms with van der Waals surface area (Å²) in [6.07, 6.45) is 4.21. The van der Waals surface area contributed by atoms with Gasteiger partial charge in [0.1, 0.15) is 0 Å². The summed E-state index contributed by atoms with van der Waals surface area (Å²) in [6.45, 7) is 4.47. The number of urea groups is 1. The van der Waals surface area contributed by atoms with Gasteiger partial charge in [0.15, 0.2) is 11.0 Å². The first-order valence-electron chi connectivity index (χ1n) is 9.35. The summed E-state index contributed by atoms with van der Waals surface area (Å²) in [4.78, 5) is 24.4. The van der Waals surface area contributed by atoms with Crippen molar-refractivity contribution in [3.63, 3.8) is 0 Å². The van der Waals surface area contributed by atoms with E-state index >= 15 is 0 Å². The largest absolute Gasteiger partial charge is 0.335 e. The van der Waals surface area contributed by atoms with E-state index in [9.17, 15) is 9.59 Å². The van der Waals surface area contributed by atoms with Crippen molar-refractivity contribution in [1.29, 1.82) is 0 Å². The Balaban J connectivity index is 1.61. The van der Waals surface area contributed by atoms with Crippen LogP contribution in [-0.2, 0) is 11.3 Å². The van der Waals surface area contributed by atoms with E-state index in [4.69, 9.17) is 0 Å². The molecule has 3 amide bonds. The van der Waals surface area contributed by atoms with Crippen LogP contribution in [0, 0.1) is 0 Å². The number of carbonyl (C=O) groups is 2. The molecular formula is C19H25N5O2S. The van der Waals surface area contributed by atoms with Crippen LogP contribution < -0.4 is 10.6 Å². The fourth-order valence-electron chi connectivity index (χ4n) is 3.18. The SMILES string of the molecule is CCn1c(S[C@H](C)C(=O)NC(=O)NC2CCCC2)nnc1-c1ccccc1. The molecule has 2 N–H and O–H groups in total. The van der Waals surface area contributed by atoms with Crippen LogP contribution >= 0.6 is 11.8 Å². The highest BCUT2D eigenvalue weighted by Gasteiger charge is 2.23. The molecule has 0 saturated heterocycles. The zero-order chi connectivity index (χ0) is 19.2. The highest BCUT2D eigenvalue weighted by Crippen LogP contribution is 2.26. The third kappa shape index (κ3) is 4.88. The lowest BCUT2D eigenvalue weighted by atomic mass is 10.2. The van der Waals surface area contributed by atoms with Gasteiger partial charge in [0.2, 0.25) is 5.91 Å². The first-order valence-corrected chi connectivity index (χ1v) is 10.2. The number of benzene rings is 1. The van der Waals surface area contributed by atoms with Gasteiger partial charge in [0, 0.05) is 18.2 Å². The van der Waals surface area contributed by atoms with E-state index in [1.165, 1.54) is 11.8 Å². The maximum absolute atomic E-state index is 12.4. The van der Waals surface area contributed by atoms with E-state index < -0.39 is 11.3 Å². The summed E-state index contributed by atoms with van der Waals surface area (Å²) < 4.78 is 1.97. The van der Waals surface area contributed by atoms with Crippen molar-refractivity contribution in [2.75, 3.05) is 0 Å². The lowest BCUT2D eigenvalue weighted by Crippen LogP contribution is -2.45. The fraction of sp³-hybridized carbons (Fsp3) is 0.474. The second-order valence-electron chi connectivity index (χ2n) is 6.62. The van der Waals surface area contributed by atoms with Gasteiger partial charge in [0.05, 0.1) is 5.25 Å². The average Bonchev–Trinajstić information content (AvgIpc) is 3.31. The number of amides is 3. The van der Waals surface area contributed by atoms with Crippen LogP contribution in [0.15, 0.2) is 35.5 Å². The molecule has 1 fully saturated rings. The topological polar surface area (TPSA) is 88.9 Å². The molecule has 1 saturated carbocycles. The predicted molar refractivity (Wildman–Crippen MR) is 105 cm³/mol. The molecule has 2 aromatic rings. The fourth-order valence-corrected chi connectivity index (χ4v) is 4.09. The van der Waals surface area contributed by atoms with Crippen molar-refractivity contribution in [2.45, 2.75) is 62.5 Å². The summed E-state index contributed by atoms with van der Waals surface area (Å²) >= 11 is 1.30. The molecule has 1 aromatic heterocycles. The normalized spacial score (nSPS) is 15.5. The maximum atomic E-state index is 12.4. The zero-order valence-electron chi connectivity index (χ0n) is 15.6. The number of imide groups is 1. The number of carbonyl (C=O) groups excluding carboxylic acids is 2. The van der Waals surface area contributed by atoms with Gasteiger partial charge < -0.3 is 9.88 Å². The second kappa shape index (κ2) is 9.03. The van der Waals surface area contributed by atoms with E-state index in [-0.39, 0.29) is 11.9 Å². The standard InChI is InChI=1S/C19H25N5O2S/c1-3-24-16(14-9-5-4-6-10-14)22-23-19(24)27-13(2)17(25)21-18(26)20-15-11-7-8-12-15/h4-6,9-10,13,15H,3,7-8,11-12H2,1-2H3,(H2,20,21,25,26)/t13-/m1/s1. The summed E-state index contributed by atoms with van der Waals surface area (Å²) in [5.74, 6) is 0.439. The van der Waals surface area contributed by atoms with Crippen molar-refractivity contribution in [2.24, 2.45) is 0 Å². The lowest BCUT2D eigenvalue weighted by molar-refractivity contribution is -0.119. The van der Waals surface area contributed by atoms with Gasteiger partial charge in [-0.05, 0) is 26.7 Å². The molecule has 1 atom stereocenters. The number of aromatic nitrogens is 3. The number of rotatable bonds is 6. The average molecular weight is 388 g/mol. The smallest absolute Gasteiger partial charge is 0.321 e. The minimum absolute atomic E-state index is 0.178. The third-order valence-corrected chi connectivity index (χ3v) is 5.72. The van der Waals surface area contributed by atoms with Gasteiger partial charge in [-0.1, -0.05) is 54.9 Å². The second-order valence-corrected chi connectivity index (χ2v) is 7.93. The predicted octanol–water partition coefficient (Wildman–Crippen LogP) is 3.21. The molecule has 0 bridgehead atoms. The Morgan fingerprint density at radius 2 is 1.93 bits per heavy atom. The molecule has 1 aromatic carbocycles. The highest BCUT2D eigenvalue weighted by molar-refractivity contribution is 8.00. The molecule has 7 nitrogen and oxygen atoms in total. The number of nitrogens with one attached hydrogen (secondary N) is 2. The Morgan fingerprint density at radius 3 is 2.59 bits per heavy atom. The highest BCUT2D eigenvalue weighted by atomic mass is 32.2. The monoisotopic (exact) mass is 387 g/mol. The molecule has 8 heteroatoms. The molecule has 144 valence electrons. The van der Waals surface area contributed by atoms with Gasteiger partial charge in [-0.15, -0.1) is 10.2 Å². The quantitative estimate of drug-likeness (QED) is 0.743. The van der Waals surface area contributed by atoms with Gasteiger partial charge in [-0.2, -0.15) is 0 Å². The summed E-state index contributed by atoms with van der Waals surface area (Å²) in [5, 5.41) is 14.0. The molecule has 0 aliphatic heterocycles. The molecular weight excluding hydrogens is 362 g/mol. The molecule has 0 spiro atoms. The first kappa shape index (κ1) is 19.4. The first-order chi connectivity index (χ1) is 13.1. The van der Waals surface area contributed by atoms with Crippen LogP contribution in [0.25, 0.3) is 11.4 Å². The minimum Gasteiger partial charge on any atom is -0.335 e. The van der Waals surface area contributed by atoms with E-state index in [1.807, 2.05) is 41.8 Å². The number of thioether (sulfide) groups is 1. The van der Waals surface area contributed by atoms with Gasteiger partial charge in [-0.3, -0.25) is 10.1 Å². The summed E-state index contributed by atoms with van der Waals surface area (Å²) in [7, 11) is 0. The Bertz CT molecular complexity index is 787. The van der Waals surface area contributed by atoms with Crippen molar-refractivity contribution < 1.29 is 9.59 Å². The van der Waals surface area contributed by atoms with Gasteiger partial charge in [0.25, 0.3) is 0 Å². The van der Waals surface area contributed by atoms with Crippen LogP contribution in [0.1, 0.15) is 39.5 Å². The Labute approximate surface area is 163 Å². The van der Waals surface area contributed by atoms with Crippen molar-refractivity contribution >= 4 is 23.7 Å². The van der Waals surface area contributed by atoms with Crippen molar-refractivity contribution in [3.05, 3.63) is 30.3 Å². The number of hydrogen-bond donors (Lipinski definition) is 2. The Kier molecular flexibility index (Phi) is 6.49. The molecule has 1 aliphatic rings. The third-order valence-electron chi connectivity index (χ3n) is 4.64. The lowest BCUT2D eigenvalue weighted by Gasteiger charge is -2.15. The zero-order valence-corrected chi connectivity index (χ0v) is 16.5. The van der Waals surface area contributed by atoms with Crippen LogP contribution in [0.2, 0.25) is 0 Å². The van der Waals surface area contributed by atoms with Gasteiger partial charge in [-0.25, -0.2) is 4.79 Å². The summed E-state index contributed by atoms with van der Waals surface area (Å²) in [5.41, 5.74) is 0.978. The summed E-state index contributed by atoms with van der Waals surface area (Å²) in [6, 6.07) is 9.58. The van der Waals surface area contributed by atoms with Crippen LogP contribution in [-0.4, -0.2) is 38.0 Å². The van der Waals surface area contributed by atoms with Crippen molar-refractivity contribution in [3.8, 4) is 11.4 Å². The number of hydrogen-bond acceptors (Lipinski definition) is 5. The molecule has 3 rings (SSSR count). The van der Waals surface area contributed by atoms with E-state index in [1.54, 1.807) is 6.92 Å². The van der Waals surface area contributed by atoms with E-state index in [2.05, 4.69) is 20.8 Å². The van der Waals surface area contributed by atoms with Crippen molar-refractivity contribution in [1.82, 2.24) is 25.4 Å². The van der Waals surface area contributed by atoms with Crippen LogP contribution in [0.3, 0.4) is 0 Å². The minimum atomic E-state index is -0.461. The number of nitrogens with zero attached hydrogens (tertiary/aromatic N) is 3. The molecule has 1 aliphatic carbocycles. The molecule has 0 unspecified atom stereocenters. The molecule has 27 heavy (non-hydrogen) atoms. The van der Waals surface area contributed by atoms with E-state index in [0.717, 1.165) is 37.1 Å². The maximum Gasteiger partial charge on any atom is 0.321 e. The van der Waals surface area contributed by atoms with E-state index in [0.29, 0.717) is 11.7 Å². The Hall–Kier alpha value is -2.35. The van der Waals surface area contributed by atoms with Gasteiger partial charge >= 0.3 is 6.03 Å². The van der Waals surface area contributed by atoms with Crippen LogP contribution in [0.5, 0.6) is 0 Å². The van der Waals surface area contributed by atoms with Crippen LogP contribution in [0.4, 0.5) is 4.79 Å². The Morgan fingerprint density at radius 1 is 1.22 bits per heavy atom.